The van der Waals surface area contributed by atoms with E-state index in [2.05, 4.69) is 21.1 Å². The molecule has 8 nitrogen and oxygen atoms in total. The summed E-state index contributed by atoms with van der Waals surface area (Å²) in [7, 11) is 0. The van der Waals surface area contributed by atoms with Crippen molar-refractivity contribution < 1.29 is 19.8 Å². The van der Waals surface area contributed by atoms with E-state index in [1.54, 1.807) is 24.3 Å². The average molecular weight is 382 g/mol. The fraction of sp³-hybridized carbons (Fsp3) is 0.200. The van der Waals surface area contributed by atoms with Crippen molar-refractivity contribution in [2.24, 2.45) is 10.2 Å². The van der Waals surface area contributed by atoms with Crippen LogP contribution in [0, 0.1) is 0 Å². The first-order valence-electron chi connectivity index (χ1n) is 8.78. The van der Waals surface area contributed by atoms with Crippen LogP contribution in [0.25, 0.3) is 0 Å². The smallest absolute Gasteiger partial charge is 0.275 e. The Morgan fingerprint density at radius 3 is 1.43 bits per heavy atom. The Kier molecular flexibility index (Phi) is 7.27. The van der Waals surface area contributed by atoms with Gasteiger partial charge < -0.3 is 10.2 Å². The molecule has 4 N–H and O–H groups in total. The molecule has 0 fully saturated rings. The van der Waals surface area contributed by atoms with Gasteiger partial charge in [-0.2, -0.15) is 10.2 Å². The van der Waals surface area contributed by atoms with Crippen molar-refractivity contribution >= 4 is 23.2 Å². The largest absolute Gasteiger partial charge is 0.507 e. The molecule has 0 unspecified atom stereocenters. The minimum Gasteiger partial charge on any atom is -0.507 e. The summed E-state index contributed by atoms with van der Waals surface area (Å²) in [4.78, 5) is 24.3. The van der Waals surface area contributed by atoms with Crippen LogP contribution in [0.5, 0.6) is 11.5 Å². The van der Waals surface area contributed by atoms with Crippen LogP contribution in [0.4, 0.5) is 0 Å². The normalized spacial score (nSPS) is 11.8. The number of phenolic OH excluding ortho intramolecular Hbond substituents is 2. The molecule has 28 heavy (non-hydrogen) atoms. The van der Waals surface area contributed by atoms with Gasteiger partial charge in [0, 0.05) is 0 Å². The lowest BCUT2D eigenvalue weighted by Crippen LogP contribution is -2.26. The molecule has 0 atom stereocenters. The Morgan fingerprint density at radius 2 is 1.11 bits per heavy atom. The Balaban J connectivity index is 2.13. The third-order valence-corrected chi connectivity index (χ3v) is 3.89. The molecular formula is C20H22N4O4. The number of hydrogen-bond donors (Lipinski definition) is 4. The molecular weight excluding hydrogens is 360 g/mol. The van der Waals surface area contributed by atoms with Gasteiger partial charge in [0.05, 0.1) is 22.6 Å². The topological polar surface area (TPSA) is 123 Å². The van der Waals surface area contributed by atoms with E-state index in [-0.39, 0.29) is 22.6 Å². The van der Waals surface area contributed by atoms with Gasteiger partial charge in [0.25, 0.3) is 11.8 Å². The second-order valence-corrected chi connectivity index (χ2v) is 5.74. The lowest BCUT2D eigenvalue weighted by atomic mass is 10.1. The molecule has 2 aromatic carbocycles. The van der Waals surface area contributed by atoms with Crippen LogP contribution in [0.15, 0.2) is 58.7 Å². The zero-order valence-electron chi connectivity index (χ0n) is 15.6. The predicted octanol–water partition coefficient (Wildman–Crippen LogP) is 2.79. The van der Waals surface area contributed by atoms with E-state index in [4.69, 9.17) is 0 Å². The molecule has 0 radical (unpaired) electrons. The second kappa shape index (κ2) is 9.86. The third-order valence-electron chi connectivity index (χ3n) is 3.89. The Labute approximate surface area is 162 Å². The lowest BCUT2D eigenvalue weighted by molar-refractivity contribution is 0.0943. The zero-order chi connectivity index (χ0) is 20.5. The highest BCUT2D eigenvalue weighted by atomic mass is 16.3. The van der Waals surface area contributed by atoms with Crippen molar-refractivity contribution in [1.82, 2.24) is 10.9 Å². The summed E-state index contributed by atoms with van der Waals surface area (Å²) in [5, 5.41) is 27.6. The molecule has 0 aliphatic rings. The molecule has 8 heteroatoms. The zero-order valence-corrected chi connectivity index (χ0v) is 15.6. The van der Waals surface area contributed by atoms with Gasteiger partial charge in [-0.1, -0.05) is 38.1 Å². The van der Waals surface area contributed by atoms with E-state index in [0.717, 1.165) is 0 Å². The Hall–Kier alpha value is -3.68. The summed E-state index contributed by atoms with van der Waals surface area (Å²) < 4.78 is 0. The maximum atomic E-state index is 12.2. The highest BCUT2D eigenvalue weighted by Gasteiger charge is 2.13. The molecule has 2 rings (SSSR count). The van der Waals surface area contributed by atoms with Gasteiger partial charge in [0.15, 0.2) is 0 Å². The molecule has 146 valence electrons. The molecule has 0 aliphatic heterocycles. The quantitative estimate of drug-likeness (QED) is 0.434. The Bertz CT molecular complexity index is 846. The van der Waals surface area contributed by atoms with Crippen LogP contribution >= 0.6 is 0 Å². The van der Waals surface area contributed by atoms with Crippen molar-refractivity contribution in [1.29, 1.82) is 0 Å². The third kappa shape index (κ3) is 5.16. The molecule has 2 aromatic rings. The number of benzene rings is 2. The number of para-hydroxylation sites is 2. The molecule has 0 aliphatic carbocycles. The average Bonchev–Trinajstić information content (AvgIpc) is 2.70. The molecule has 0 bridgehead atoms. The van der Waals surface area contributed by atoms with E-state index in [1.165, 1.54) is 24.3 Å². The summed E-state index contributed by atoms with van der Waals surface area (Å²) in [5.41, 5.74) is 5.93. The number of nitrogens with one attached hydrogen (secondary N) is 2. The predicted molar refractivity (Wildman–Crippen MR) is 107 cm³/mol. The molecule has 2 amide bonds. The van der Waals surface area contributed by atoms with Gasteiger partial charge in [-0.05, 0) is 37.1 Å². The highest BCUT2D eigenvalue weighted by Crippen LogP contribution is 2.16. The Morgan fingerprint density at radius 1 is 0.750 bits per heavy atom. The fourth-order valence-corrected chi connectivity index (χ4v) is 2.38. The standard InChI is InChI=1S/C20H22N4O4/c1-3-15(21-23-19(27)13-9-5-7-11-17(13)25)16(4-2)22-24-20(28)14-10-6-8-12-18(14)26/h5-12,25-26H,3-4H2,1-2H3,(H,23,27)(H,24,28). The number of carbonyl (C=O) groups is 2. The number of nitrogens with zero attached hydrogens (tertiary/aromatic N) is 2. The van der Waals surface area contributed by atoms with E-state index in [0.29, 0.717) is 24.3 Å². The van der Waals surface area contributed by atoms with E-state index < -0.39 is 11.8 Å². The van der Waals surface area contributed by atoms with Crippen LogP contribution in [-0.2, 0) is 0 Å². The molecule has 0 aromatic heterocycles. The van der Waals surface area contributed by atoms with E-state index in [9.17, 15) is 19.8 Å². The van der Waals surface area contributed by atoms with Crippen molar-refractivity contribution in [2.75, 3.05) is 0 Å². The van der Waals surface area contributed by atoms with Crippen molar-refractivity contribution in [3.8, 4) is 11.5 Å². The molecule has 0 heterocycles. The summed E-state index contributed by atoms with van der Waals surface area (Å²) in [6, 6.07) is 12.3. The van der Waals surface area contributed by atoms with Gasteiger partial charge in [-0.25, -0.2) is 10.9 Å². The molecule has 0 spiro atoms. The number of rotatable bonds is 7. The van der Waals surface area contributed by atoms with E-state index >= 15 is 0 Å². The van der Waals surface area contributed by atoms with Crippen LogP contribution in [-0.4, -0.2) is 33.5 Å². The van der Waals surface area contributed by atoms with Gasteiger partial charge >= 0.3 is 0 Å². The first kappa shape index (κ1) is 20.6. The van der Waals surface area contributed by atoms with Crippen LogP contribution < -0.4 is 10.9 Å². The number of amides is 2. The summed E-state index contributed by atoms with van der Waals surface area (Å²) in [5.74, 6) is -1.41. The fourth-order valence-electron chi connectivity index (χ4n) is 2.38. The number of phenols is 2. The van der Waals surface area contributed by atoms with Crippen LogP contribution in [0.3, 0.4) is 0 Å². The number of hydrogen-bond acceptors (Lipinski definition) is 6. The van der Waals surface area contributed by atoms with Gasteiger partial charge in [0.2, 0.25) is 0 Å². The van der Waals surface area contributed by atoms with Crippen molar-refractivity contribution in [3.63, 3.8) is 0 Å². The molecule has 0 saturated heterocycles. The van der Waals surface area contributed by atoms with E-state index in [1.807, 2.05) is 13.8 Å². The number of hydrazone groups is 2. The second-order valence-electron chi connectivity index (χ2n) is 5.74. The van der Waals surface area contributed by atoms with Gasteiger partial charge in [0.1, 0.15) is 11.5 Å². The van der Waals surface area contributed by atoms with Crippen LogP contribution in [0.1, 0.15) is 47.4 Å². The van der Waals surface area contributed by atoms with Crippen LogP contribution in [0.2, 0.25) is 0 Å². The summed E-state index contributed by atoms with van der Waals surface area (Å²) in [6.07, 6.45) is 0.917. The SMILES string of the molecule is CCC(=NNC(=O)c1ccccc1O)C(CC)=NNC(=O)c1ccccc1O. The first-order chi connectivity index (χ1) is 13.5. The van der Waals surface area contributed by atoms with Gasteiger partial charge in [-0.3, -0.25) is 9.59 Å². The first-order valence-corrected chi connectivity index (χ1v) is 8.78. The minimum absolute atomic E-state index is 0.101. The minimum atomic E-state index is -0.558. The molecule has 0 saturated carbocycles. The summed E-state index contributed by atoms with van der Waals surface area (Å²) in [6.45, 7) is 3.67. The maximum Gasteiger partial charge on any atom is 0.275 e. The monoisotopic (exact) mass is 382 g/mol. The van der Waals surface area contributed by atoms with Crippen molar-refractivity contribution in [3.05, 3.63) is 59.7 Å². The lowest BCUT2D eigenvalue weighted by Gasteiger charge is -2.09. The highest BCUT2D eigenvalue weighted by molar-refractivity contribution is 6.42. The number of aromatic hydroxyl groups is 2. The van der Waals surface area contributed by atoms with Crippen molar-refractivity contribution in [2.45, 2.75) is 26.7 Å². The van der Waals surface area contributed by atoms with Gasteiger partial charge in [-0.15, -0.1) is 0 Å². The maximum absolute atomic E-state index is 12.2. The summed E-state index contributed by atoms with van der Waals surface area (Å²) >= 11 is 0. The number of carbonyl (C=O) groups excluding carboxylic acids is 2.